The minimum Gasteiger partial charge on any atom is -0.508 e. The van der Waals surface area contributed by atoms with Crippen molar-refractivity contribution in [1.29, 1.82) is 0 Å². The monoisotopic (exact) mass is 1300 g/mol. The van der Waals surface area contributed by atoms with E-state index in [0.29, 0.717) is 0 Å². The fourth-order valence-corrected chi connectivity index (χ4v) is 10.3. The van der Waals surface area contributed by atoms with Crippen molar-refractivity contribution in [3.8, 4) is 80.0 Å². The number of esters is 2. The van der Waals surface area contributed by atoms with Gasteiger partial charge in [-0.05, 0) is 48.5 Å². The van der Waals surface area contributed by atoms with Gasteiger partial charge in [0, 0.05) is 35.4 Å². The Hall–Kier alpha value is -8.57. The van der Waals surface area contributed by atoms with E-state index in [1.165, 1.54) is 18.2 Å². The van der Waals surface area contributed by atoms with Crippen LogP contribution >= 0.6 is 0 Å². The molecule has 4 fully saturated rings. The summed E-state index contributed by atoms with van der Waals surface area (Å²) in [5.74, 6) is -10.7. The fourth-order valence-electron chi connectivity index (χ4n) is 10.3. The molecule has 0 amide bonds. The maximum absolute atomic E-state index is 13.5. The summed E-state index contributed by atoms with van der Waals surface area (Å²) < 4.78 is 68.1. The Balaban J connectivity index is 0.876. The quantitative estimate of drug-likeness (QED) is 0.0166. The average Bonchev–Trinajstić information content (AvgIpc) is 0.901. The number of phenols is 5. The van der Waals surface area contributed by atoms with Crippen molar-refractivity contribution in [2.45, 2.75) is 129 Å². The Kier molecular flexibility index (Phi) is 19.4. The van der Waals surface area contributed by atoms with Crippen LogP contribution in [0.5, 0.6) is 46.0 Å². The van der Waals surface area contributed by atoms with Crippen molar-refractivity contribution >= 4 is 28.9 Å². The molecule has 0 unspecified atom stereocenters. The van der Waals surface area contributed by atoms with Gasteiger partial charge in [-0.25, -0.2) is 4.79 Å². The van der Waals surface area contributed by atoms with Crippen LogP contribution in [0.15, 0.2) is 86.4 Å². The molecular weight excluding hydrogens is 1240 g/mol. The molecule has 1 aromatic heterocycles. The molecule has 0 spiro atoms. The summed E-state index contributed by atoms with van der Waals surface area (Å²) in [5.41, 5.74) is -2.42. The Morgan fingerprint density at radius 3 is 1.79 bits per heavy atom. The predicted molar refractivity (Wildman–Crippen MR) is 291 cm³/mol. The Bertz CT molecular complexity index is 3760. The van der Waals surface area contributed by atoms with Crippen LogP contribution < -0.4 is 25.1 Å². The first kappa shape index (κ1) is 66.4. The van der Waals surface area contributed by atoms with Crippen molar-refractivity contribution < 1.29 is 167 Å². The highest BCUT2D eigenvalue weighted by atomic mass is 16.8. The highest BCUT2D eigenvalue weighted by molar-refractivity contribution is 5.91. The number of ether oxygens (including phenoxy) is 10. The number of hydrogen-bond donors (Lipinski definition) is 18. The molecule has 0 radical (unpaired) electrons. The highest BCUT2D eigenvalue weighted by Gasteiger charge is 2.54. The van der Waals surface area contributed by atoms with Gasteiger partial charge in [-0.1, -0.05) is 0 Å². The number of aliphatic carboxylic acids is 1. The molecule has 496 valence electrons. The number of carboxylic acids is 1. The molecule has 35 nitrogen and oxygen atoms in total. The number of hydrogen-bond acceptors (Lipinski definition) is 33. The maximum atomic E-state index is 13.5. The van der Waals surface area contributed by atoms with E-state index < -0.39 is 229 Å². The van der Waals surface area contributed by atoms with Crippen LogP contribution in [0.2, 0.25) is 0 Å². The second-order valence-electron chi connectivity index (χ2n) is 21.4. The van der Waals surface area contributed by atoms with Crippen LogP contribution in [-0.2, 0) is 47.5 Å². The van der Waals surface area contributed by atoms with E-state index in [4.69, 9.17) is 56.2 Å². The fraction of sp³-hybridized carbons (Fsp3) is 0.421. The topological polar surface area (TPSA) is 572 Å². The van der Waals surface area contributed by atoms with Gasteiger partial charge in [0.15, 0.2) is 69.8 Å². The molecule has 0 bridgehead atoms. The van der Waals surface area contributed by atoms with Gasteiger partial charge in [0.25, 0.3) is 5.75 Å². The van der Waals surface area contributed by atoms with E-state index in [2.05, 4.69) is 0 Å². The zero-order valence-electron chi connectivity index (χ0n) is 46.8. The van der Waals surface area contributed by atoms with Gasteiger partial charge >= 0.3 is 23.3 Å². The van der Waals surface area contributed by atoms with Gasteiger partial charge in [0.2, 0.25) is 18.9 Å². The molecular formula is C57H59O35+. The number of aromatic hydroxyl groups is 5. The van der Waals surface area contributed by atoms with Gasteiger partial charge in [0.05, 0.1) is 18.8 Å². The van der Waals surface area contributed by atoms with E-state index in [0.717, 1.165) is 54.6 Å². The lowest BCUT2D eigenvalue weighted by Crippen LogP contribution is -2.65. The van der Waals surface area contributed by atoms with Crippen LogP contribution in [0.1, 0.15) is 6.42 Å². The van der Waals surface area contributed by atoms with Crippen molar-refractivity contribution in [3.63, 3.8) is 0 Å². The summed E-state index contributed by atoms with van der Waals surface area (Å²) in [4.78, 5) is 63.2. The van der Waals surface area contributed by atoms with Crippen LogP contribution in [0, 0.1) is 0 Å². The molecule has 35 heteroatoms. The van der Waals surface area contributed by atoms with Gasteiger partial charge in [-0.3, -0.25) is 19.2 Å². The standard InChI is InChI=1S/C57H58O35/c58-14-30-36(68)40(72)46(78)55(86-30)92-52-42(74)37(69)31(15-59)87-57(52)90-49-39(71)35-26(65)10-21(11-28(35)84-48(49)17-1-4-19(60)5-2-17)82-56-51(44(76)43(75)50(91-56)53(79)80)89-34(67)13-33(66)81-16-32-38(70)41(73)45(77)54(88-32)85-29-12-22-24(63)8-20(61)9-27(22)83-47(29)18-3-6-23(62)25(64)7-18/h1-12,30-32,36-38,40-46,50-52,54-60,62-65,68-70,72-78H,13-16H2,(H,79,80)/p+1/t30-,31-,32-,36-,37-,38-,40+,41+,42+,43+,44+,45-,46-,50+,51-,52-,54-,55+,56-,57+/m1/s1. The van der Waals surface area contributed by atoms with E-state index >= 15 is 0 Å². The minimum absolute atomic E-state index is 0.00561. The van der Waals surface area contributed by atoms with E-state index in [1.54, 1.807) is 0 Å². The average molecular weight is 1300 g/mol. The molecule has 0 saturated carbocycles. The van der Waals surface area contributed by atoms with Crippen LogP contribution in [0.25, 0.3) is 44.9 Å². The predicted octanol–water partition coefficient (Wildman–Crippen LogP) is -5.00. The number of carboxylic acid groups (broad SMARTS) is 1. The third-order valence-electron chi connectivity index (χ3n) is 15.2. The molecule has 1 aliphatic carbocycles. The first-order valence-electron chi connectivity index (χ1n) is 27.5. The lowest BCUT2D eigenvalue weighted by Gasteiger charge is -2.45. The normalized spacial score (nSPS) is 31.6. The van der Waals surface area contributed by atoms with Gasteiger partial charge in [0.1, 0.15) is 121 Å². The van der Waals surface area contributed by atoms with Crippen molar-refractivity contribution in [1.82, 2.24) is 0 Å². The van der Waals surface area contributed by atoms with E-state index in [9.17, 15) is 116 Å². The third kappa shape index (κ3) is 13.2. The number of phenolic OH excluding ortho intramolecular Hbond substituents is 5. The Morgan fingerprint density at radius 1 is 0.522 bits per heavy atom. The molecule has 10 rings (SSSR count). The summed E-state index contributed by atoms with van der Waals surface area (Å²) in [7, 11) is 0. The van der Waals surface area contributed by atoms with E-state index in [-0.39, 0.29) is 39.7 Å². The van der Waals surface area contributed by atoms with Gasteiger partial charge < -0.3 is 148 Å². The highest BCUT2D eigenvalue weighted by Crippen LogP contribution is 2.44. The maximum Gasteiger partial charge on any atom is 0.400 e. The lowest BCUT2D eigenvalue weighted by molar-refractivity contribution is -0.358. The molecule has 20 atom stereocenters. The third-order valence-corrected chi connectivity index (χ3v) is 15.2. The number of carbonyl (C=O) groups excluding carboxylic acids is 2. The molecule has 4 aromatic rings. The number of aliphatic hydroxyl groups is 12. The summed E-state index contributed by atoms with van der Waals surface area (Å²) in [6.45, 7) is -2.90. The molecule has 19 N–H and O–H groups in total. The summed E-state index contributed by atoms with van der Waals surface area (Å²) in [5, 5.41) is 190. The molecule has 5 aliphatic heterocycles. The number of rotatable bonds is 18. The second kappa shape index (κ2) is 26.9. The molecule has 3 aromatic carbocycles. The summed E-state index contributed by atoms with van der Waals surface area (Å²) in [6, 6.07) is 12.7. The lowest BCUT2D eigenvalue weighted by atomic mass is 9.97. The van der Waals surface area contributed by atoms with Gasteiger partial charge in [-0.15, -0.1) is 0 Å². The molecule has 6 heterocycles. The van der Waals surface area contributed by atoms with Gasteiger partial charge in [-0.2, -0.15) is 0 Å². The molecule has 6 aliphatic rings. The number of benzene rings is 4. The van der Waals surface area contributed by atoms with Crippen LogP contribution in [0.4, 0.5) is 0 Å². The van der Waals surface area contributed by atoms with Crippen molar-refractivity contribution in [2.75, 3.05) is 19.8 Å². The van der Waals surface area contributed by atoms with Crippen LogP contribution in [0.3, 0.4) is 0 Å². The van der Waals surface area contributed by atoms with Crippen molar-refractivity contribution in [3.05, 3.63) is 88.4 Å². The summed E-state index contributed by atoms with van der Waals surface area (Å²) in [6.07, 6.45) is -42.4. The number of aliphatic hydroxyl groups excluding tert-OH is 12. The minimum atomic E-state index is -2.40. The summed E-state index contributed by atoms with van der Waals surface area (Å²) >= 11 is 0. The smallest absolute Gasteiger partial charge is 0.400 e. The number of fused-ring (bicyclic) bond motifs is 2. The van der Waals surface area contributed by atoms with E-state index in [1.807, 2.05) is 0 Å². The van der Waals surface area contributed by atoms with Crippen LogP contribution in [-0.4, -0.2) is 257 Å². The Morgan fingerprint density at radius 2 is 1.13 bits per heavy atom. The largest absolute Gasteiger partial charge is 0.508 e. The number of carbonyl (C=O) groups is 3. The van der Waals surface area contributed by atoms with Crippen molar-refractivity contribution in [2.24, 2.45) is 0 Å². The zero-order valence-corrected chi connectivity index (χ0v) is 46.8. The SMILES string of the molecule is O=C(CC(=O)O[C@H]1[C@H](Oc2cc(O)c3c(=[OH+])c(O[C@@H]4O[C@H](CO)[C@@H](O)[C@H](O)[C@H]4O[C@@H]4O[C@H](CO)[C@@H](O)[C@H](O)[C@H]4O)c(-c4ccc(O)cc4)oc3c2)O[C@H](C(=O)O)[C@@H](O)[C@@H]1O)OC[C@H]1O[C@@H](Oc2cc3c(O)cc(=O)cc-3oc2-c2ccc(O)c(O)c2)[C@H](O)[C@@H](O)[C@@H]1O. The molecule has 92 heavy (non-hydrogen) atoms. The second-order valence-corrected chi connectivity index (χ2v) is 21.4. The zero-order chi connectivity index (χ0) is 66.5. The molecule has 4 saturated heterocycles. The Labute approximate surface area is 512 Å². The first-order valence-corrected chi connectivity index (χ1v) is 27.5. The first-order chi connectivity index (χ1) is 43.7.